The molecule has 14 heavy (non-hydrogen) atoms. The summed E-state index contributed by atoms with van der Waals surface area (Å²) >= 11 is 0. The molecule has 0 aliphatic heterocycles. The van der Waals surface area contributed by atoms with Gasteiger partial charge in [0.05, 0.1) is 12.6 Å². The highest BCUT2D eigenvalue weighted by atomic mass is 16.5. The maximum Gasteiger partial charge on any atom is 0.320 e. The van der Waals surface area contributed by atoms with Gasteiger partial charge in [-0.1, -0.05) is 6.92 Å². The molecule has 0 heterocycles. The minimum absolute atomic E-state index is 0.00912. The monoisotopic (exact) mass is 199 g/mol. The lowest BCUT2D eigenvalue weighted by molar-refractivity contribution is -0.146. The molecule has 1 fully saturated rings. The Morgan fingerprint density at radius 2 is 2.07 bits per heavy atom. The van der Waals surface area contributed by atoms with Crippen LogP contribution in [-0.4, -0.2) is 25.2 Å². The van der Waals surface area contributed by atoms with Gasteiger partial charge in [-0.15, -0.1) is 0 Å². The van der Waals surface area contributed by atoms with Gasteiger partial charge in [-0.2, -0.15) is 0 Å². The van der Waals surface area contributed by atoms with Crippen molar-refractivity contribution in [1.82, 2.24) is 5.32 Å². The second kappa shape index (κ2) is 5.35. The Balaban J connectivity index is 1.99. The average Bonchev–Trinajstić information content (AvgIpc) is 2.84. The van der Waals surface area contributed by atoms with Crippen LogP contribution in [0.1, 0.15) is 33.6 Å². The van der Waals surface area contributed by atoms with Crippen LogP contribution in [0, 0.1) is 11.8 Å². The number of hydrogen-bond donors (Lipinski definition) is 1. The number of esters is 1. The molecule has 1 atom stereocenters. The molecule has 1 N–H and O–H groups in total. The summed E-state index contributed by atoms with van der Waals surface area (Å²) in [6.45, 7) is 7.24. The van der Waals surface area contributed by atoms with Crippen LogP contribution in [0.25, 0.3) is 0 Å². The van der Waals surface area contributed by atoms with Crippen LogP contribution in [0.5, 0.6) is 0 Å². The minimum Gasteiger partial charge on any atom is -0.462 e. The molecule has 3 heteroatoms. The number of carbonyl (C=O) groups excluding carboxylic acids is 1. The fourth-order valence-corrected chi connectivity index (χ4v) is 1.54. The van der Waals surface area contributed by atoms with Gasteiger partial charge in [-0.05, 0) is 45.1 Å². The zero-order chi connectivity index (χ0) is 10.6. The number of carbonyl (C=O) groups is 1. The lowest BCUT2D eigenvalue weighted by Gasteiger charge is -2.12. The van der Waals surface area contributed by atoms with Gasteiger partial charge in [0.25, 0.3) is 0 Å². The third kappa shape index (κ3) is 4.61. The first-order chi connectivity index (χ1) is 6.59. The SMILES string of the molecule is CC(C)OC(=O)CNCC(C)C1CC1. The Bertz CT molecular complexity index is 188. The zero-order valence-electron chi connectivity index (χ0n) is 9.38. The topological polar surface area (TPSA) is 38.3 Å². The smallest absolute Gasteiger partial charge is 0.320 e. The average molecular weight is 199 g/mol. The van der Waals surface area contributed by atoms with E-state index in [0.717, 1.165) is 12.5 Å². The van der Waals surface area contributed by atoms with Crippen molar-refractivity contribution in [3.05, 3.63) is 0 Å². The molecule has 0 spiro atoms. The first-order valence-electron chi connectivity index (χ1n) is 5.49. The zero-order valence-corrected chi connectivity index (χ0v) is 9.38. The van der Waals surface area contributed by atoms with E-state index in [4.69, 9.17) is 4.74 Å². The summed E-state index contributed by atoms with van der Waals surface area (Å²) in [7, 11) is 0. The number of rotatable bonds is 6. The number of nitrogens with one attached hydrogen (secondary N) is 1. The molecule has 0 saturated heterocycles. The van der Waals surface area contributed by atoms with Crippen molar-refractivity contribution < 1.29 is 9.53 Å². The highest BCUT2D eigenvalue weighted by molar-refractivity contribution is 5.71. The van der Waals surface area contributed by atoms with E-state index < -0.39 is 0 Å². The summed E-state index contributed by atoms with van der Waals surface area (Å²) in [5.41, 5.74) is 0. The molecule has 82 valence electrons. The van der Waals surface area contributed by atoms with E-state index in [1.807, 2.05) is 13.8 Å². The van der Waals surface area contributed by atoms with Crippen molar-refractivity contribution in [2.75, 3.05) is 13.1 Å². The Labute approximate surface area is 86.2 Å². The summed E-state index contributed by atoms with van der Waals surface area (Å²) in [5.74, 6) is 1.44. The van der Waals surface area contributed by atoms with Crippen LogP contribution in [0.3, 0.4) is 0 Å². The van der Waals surface area contributed by atoms with E-state index in [-0.39, 0.29) is 12.1 Å². The highest BCUT2D eigenvalue weighted by Gasteiger charge is 2.27. The van der Waals surface area contributed by atoms with Gasteiger partial charge < -0.3 is 10.1 Å². The molecule has 1 saturated carbocycles. The molecular weight excluding hydrogens is 178 g/mol. The highest BCUT2D eigenvalue weighted by Crippen LogP contribution is 2.35. The lowest BCUT2D eigenvalue weighted by Crippen LogP contribution is -2.30. The van der Waals surface area contributed by atoms with Gasteiger partial charge in [-0.3, -0.25) is 4.79 Å². The van der Waals surface area contributed by atoms with Gasteiger partial charge in [0.15, 0.2) is 0 Å². The van der Waals surface area contributed by atoms with Crippen LogP contribution in [0.15, 0.2) is 0 Å². The molecule has 1 aliphatic rings. The van der Waals surface area contributed by atoms with Crippen LogP contribution in [0.2, 0.25) is 0 Å². The summed E-state index contributed by atoms with van der Waals surface area (Å²) < 4.78 is 5.01. The fraction of sp³-hybridized carbons (Fsp3) is 0.909. The van der Waals surface area contributed by atoms with Crippen molar-refractivity contribution >= 4 is 5.97 Å². The molecule has 0 aromatic rings. The Kier molecular flexibility index (Phi) is 4.39. The van der Waals surface area contributed by atoms with Crippen molar-refractivity contribution in [3.63, 3.8) is 0 Å². The molecule has 3 nitrogen and oxygen atoms in total. The Morgan fingerprint density at radius 1 is 1.43 bits per heavy atom. The third-order valence-electron chi connectivity index (χ3n) is 2.53. The van der Waals surface area contributed by atoms with Crippen molar-refractivity contribution in [3.8, 4) is 0 Å². The third-order valence-corrected chi connectivity index (χ3v) is 2.53. The maximum absolute atomic E-state index is 11.1. The van der Waals surface area contributed by atoms with Gasteiger partial charge >= 0.3 is 5.97 Å². The predicted octanol–water partition coefficient (Wildman–Crippen LogP) is 1.57. The Hall–Kier alpha value is -0.570. The van der Waals surface area contributed by atoms with Crippen LogP contribution in [0.4, 0.5) is 0 Å². The second-order valence-corrected chi connectivity index (χ2v) is 4.48. The van der Waals surface area contributed by atoms with E-state index in [2.05, 4.69) is 12.2 Å². The van der Waals surface area contributed by atoms with E-state index in [1.165, 1.54) is 12.8 Å². The molecule has 1 aliphatic carbocycles. The summed E-state index contributed by atoms with van der Waals surface area (Å²) in [6.07, 6.45) is 2.71. The van der Waals surface area contributed by atoms with Gasteiger partial charge in [-0.25, -0.2) is 0 Å². The quantitative estimate of drug-likeness (QED) is 0.660. The van der Waals surface area contributed by atoms with E-state index in [0.29, 0.717) is 12.5 Å². The van der Waals surface area contributed by atoms with E-state index in [9.17, 15) is 4.79 Å². The molecule has 0 bridgehead atoms. The molecule has 0 amide bonds. The molecule has 1 rings (SSSR count). The molecular formula is C11H21NO2. The Morgan fingerprint density at radius 3 is 2.57 bits per heavy atom. The first kappa shape index (κ1) is 11.5. The van der Waals surface area contributed by atoms with Crippen LogP contribution < -0.4 is 5.32 Å². The molecule has 0 aromatic carbocycles. The van der Waals surface area contributed by atoms with Gasteiger partial charge in [0.1, 0.15) is 0 Å². The number of ether oxygens (including phenoxy) is 1. The lowest BCUT2D eigenvalue weighted by atomic mass is 10.1. The van der Waals surface area contributed by atoms with Gasteiger partial charge in [0, 0.05) is 0 Å². The van der Waals surface area contributed by atoms with Crippen molar-refractivity contribution in [1.29, 1.82) is 0 Å². The fourth-order valence-electron chi connectivity index (χ4n) is 1.54. The molecule has 0 aromatic heterocycles. The summed E-state index contributed by atoms with van der Waals surface area (Å²) in [6, 6.07) is 0. The van der Waals surface area contributed by atoms with E-state index >= 15 is 0 Å². The van der Waals surface area contributed by atoms with E-state index in [1.54, 1.807) is 0 Å². The largest absolute Gasteiger partial charge is 0.462 e. The van der Waals surface area contributed by atoms with Crippen LogP contribution >= 0.6 is 0 Å². The first-order valence-corrected chi connectivity index (χ1v) is 5.49. The predicted molar refractivity (Wildman–Crippen MR) is 56.0 cm³/mol. The summed E-state index contributed by atoms with van der Waals surface area (Å²) in [5, 5.41) is 3.14. The minimum atomic E-state index is -0.150. The van der Waals surface area contributed by atoms with Crippen molar-refractivity contribution in [2.45, 2.75) is 39.7 Å². The van der Waals surface area contributed by atoms with Crippen LogP contribution in [-0.2, 0) is 9.53 Å². The maximum atomic E-state index is 11.1. The molecule has 1 unspecified atom stereocenters. The van der Waals surface area contributed by atoms with Gasteiger partial charge in [0.2, 0.25) is 0 Å². The normalized spacial score (nSPS) is 18.3. The standard InChI is InChI=1S/C11H21NO2/c1-8(2)14-11(13)7-12-6-9(3)10-4-5-10/h8-10,12H,4-7H2,1-3H3. The second-order valence-electron chi connectivity index (χ2n) is 4.48. The summed E-state index contributed by atoms with van der Waals surface area (Å²) in [4.78, 5) is 11.1. The molecule has 0 radical (unpaired) electrons. The number of hydrogen-bond acceptors (Lipinski definition) is 3. The van der Waals surface area contributed by atoms with Crippen molar-refractivity contribution in [2.24, 2.45) is 11.8 Å².